The molecule has 20 heavy (non-hydrogen) atoms. The number of H-pyrrole nitrogens is 1. The topological polar surface area (TPSA) is 94.9 Å². The lowest BCUT2D eigenvalue weighted by molar-refractivity contribution is -0.115. The maximum atomic E-state index is 9.85. The predicted molar refractivity (Wildman–Crippen MR) is 74.4 cm³/mol. The number of hydrogen-bond acceptors (Lipinski definition) is 5. The van der Waals surface area contributed by atoms with E-state index in [-0.39, 0.29) is 6.61 Å². The molecular formula is C13H14BrNO5. The van der Waals surface area contributed by atoms with E-state index in [1.807, 2.05) is 18.2 Å². The van der Waals surface area contributed by atoms with Gasteiger partial charge in [-0.25, -0.2) is 0 Å². The molecule has 4 N–H and O–H groups in total. The Hall–Kier alpha value is -1.12. The smallest absolute Gasteiger partial charge is 0.229 e. The van der Waals surface area contributed by atoms with Crippen molar-refractivity contribution < 1.29 is 24.8 Å². The van der Waals surface area contributed by atoms with Crippen LogP contribution in [-0.2, 0) is 4.74 Å². The third-order valence-corrected chi connectivity index (χ3v) is 3.84. The summed E-state index contributed by atoms with van der Waals surface area (Å²) in [7, 11) is 0. The minimum absolute atomic E-state index is 0.377. The fourth-order valence-electron chi connectivity index (χ4n) is 2.25. The predicted octanol–water partition coefficient (Wildman–Crippen LogP) is 0.748. The zero-order valence-corrected chi connectivity index (χ0v) is 11.9. The van der Waals surface area contributed by atoms with Crippen LogP contribution in [0.4, 0.5) is 0 Å². The standard InChI is InChI=1S/C13H14BrNO5/c14-6-1-2-8-7(3-6)9(4-15-8)19-13-12(18)11(17)10(5-16)20-13/h1-4,10-13,15-18H,5H2/t10-,11?,12-,13+/m0/s1. The van der Waals surface area contributed by atoms with Crippen LogP contribution in [-0.4, -0.2) is 51.5 Å². The highest BCUT2D eigenvalue weighted by Gasteiger charge is 2.44. The van der Waals surface area contributed by atoms with Gasteiger partial charge in [-0.2, -0.15) is 0 Å². The first kappa shape index (κ1) is 13.8. The molecule has 1 saturated heterocycles. The van der Waals surface area contributed by atoms with Gasteiger partial charge in [0.15, 0.2) is 0 Å². The largest absolute Gasteiger partial charge is 0.460 e. The zero-order valence-electron chi connectivity index (χ0n) is 10.4. The van der Waals surface area contributed by atoms with Gasteiger partial charge in [-0.05, 0) is 18.2 Å². The molecule has 0 radical (unpaired) electrons. The van der Waals surface area contributed by atoms with E-state index in [0.717, 1.165) is 15.4 Å². The Balaban J connectivity index is 1.85. The maximum absolute atomic E-state index is 9.85. The van der Waals surface area contributed by atoms with Crippen LogP contribution in [0.3, 0.4) is 0 Å². The summed E-state index contributed by atoms with van der Waals surface area (Å²) in [5.41, 5.74) is 0.884. The lowest BCUT2D eigenvalue weighted by Gasteiger charge is -2.16. The molecule has 6 nitrogen and oxygen atoms in total. The second-order valence-electron chi connectivity index (χ2n) is 4.67. The Morgan fingerprint density at radius 2 is 2.10 bits per heavy atom. The van der Waals surface area contributed by atoms with Crippen LogP contribution in [0.15, 0.2) is 28.9 Å². The van der Waals surface area contributed by atoms with Crippen molar-refractivity contribution in [3.05, 3.63) is 28.9 Å². The van der Waals surface area contributed by atoms with Crippen molar-refractivity contribution in [3.8, 4) is 5.75 Å². The third kappa shape index (κ3) is 2.32. The Labute approximate surface area is 123 Å². The molecule has 1 aliphatic heterocycles. The van der Waals surface area contributed by atoms with E-state index in [9.17, 15) is 10.2 Å². The zero-order chi connectivity index (χ0) is 14.3. The second kappa shape index (κ2) is 5.34. The van der Waals surface area contributed by atoms with Gasteiger partial charge < -0.3 is 29.8 Å². The SMILES string of the molecule is OC[C@@H]1O[C@@H](Oc2c[nH]c3ccc(Br)cc23)[C@@H](O)C1O. The van der Waals surface area contributed by atoms with Crippen molar-refractivity contribution >= 4 is 26.8 Å². The molecule has 1 fully saturated rings. The van der Waals surface area contributed by atoms with Crippen molar-refractivity contribution in [2.45, 2.75) is 24.6 Å². The van der Waals surface area contributed by atoms with Crippen LogP contribution in [0.1, 0.15) is 0 Å². The van der Waals surface area contributed by atoms with Crippen molar-refractivity contribution in [2.24, 2.45) is 0 Å². The average molecular weight is 344 g/mol. The first-order chi connectivity index (χ1) is 9.60. The van der Waals surface area contributed by atoms with Crippen LogP contribution < -0.4 is 4.74 Å². The number of aliphatic hydroxyl groups excluding tert-OH is 3. The van der Waals surface area contributed by atoms with Crippen LogP contribution in [0.25, 0.3) is 10.9 Å². The molecule has 1 aliphatic rings. The number of fused-ring (bicyclic) bond motifs is 1. The average Bonchev–Trinajstić information content (AvgIpc) is 2.95. The normalized spacial score (nSPS) is 30.0. The Morgan fingerprint density at radius 3 is 2.80 bits per heavy atom. The van der Waals surface area contributed by atoms with E-state index < -0.39 is 24.6 Å². The molecular weight excluding hydrogens is 330 g/mol. The van der Waals surface area contributed by atoms with E-state index in [1.165, 1.54) is 0 Å². The summed E-state index contributed by atoms with van der Waals surface area (Å²) in [6.45, 7) is -0.377. The quantitative estimate of drug-likeness (QED) is 0.659. The monoisotopic (exact) mass is 343 g/mol. The number of hydrogen-bond donors (Lipinski definition) is 4. The van der Waals surface area contributed by atoms with Gasteiger partial charge in [0.1, 0.15) is 24.1 Å². The number of benzene rings is 1. The van der Waals surface area contributed by atoms with Crippen LogP contribution in [0.5, 0.6) is 5.75 Å². The molecule has 0 saturated carbocycles. The molecule has 0 aliphatic carbocycles. The minimum Gasteiger partial charge on any atom is -0.460 e. The molecule has 0 amide bonds. The molecule has 1 aromatic carbocycles. The van der Waals surface area contributed by atoms with Gasteiger partial charge in [-0.1, -0.05) is 15.9 Å². The van der Waals surface area contributed by atoms with Gasteiger partial charge in [0, 0.05) is 21.6 Å². The highest BCUT2D eigenvalue weighted by atomic mass is 79.9. The molecule has 108 valence electrons. The lowest BCUT2D eigenvalue weighted by atomic mass is 10.1. The highest BCUT2D eigenvalue weighted by molar-refractivity contribution is 9.10. The summed E-state index contributed by atoms with van der Waals surface area (Å²) >= 11 is 3.38. The van der Waals surface area contributed by atoms with Crippen molar-refractivity contribution in [3.63, 3.8) is 0 Å². The Kier molecular flexibility index (Phi) is 3.70. The number of aliphatic hydroxyl groups is 3. The van der Waals surface area contributed by atoms with Crippen LogP contribution >= 0.6 is 15.9 Å². The number of ether oxygens (including phenoxy) is 2. The summed E-state index contributed by atoms with van der Waals surface area (Å²) in [6.07, 6.45) is -2.57. The third-order valence-electron chi connectivity index (χ3n) is 3.35. The molecule has 1 unspecified atom stereocenters. The van der Waals surface area contributed by atoms with E-state index in [1.54, 1.807) is 6.20 Å². The van der Waals surface area contributed by atoms with Crippen LogP contribution in [0, 0.1) is 0 Å². The molecule has 1 aromatic heterocycles. The van der Waals surface area contributed by atoms with E-state index in [2.05, 4.69) is 20.9 Å². The maximum Gasteiger partial charge on any atom is 0.229 e. The summed E-state index contributed by atoms with van der Waals surface area (Å²) in [4.78, 5) is 3.05. The molecule has 2 heterocycles. The van der Waals surface area contributed by atoms with Crippen molar-refractivity contribution in [1.29, 1.82) is 0 Å². The van der Waals surface area contributed by atoms with Gasteiger partial charge in [0.05, 0.1) is 6.61 Å². The van der Waals surface area contributed by atoms with E-state index in [0.29, 0.717) is 5.75 Å². The fraction of sp³-hybridized carbons (Fsp3) is 0.385. The number of halogens is 1. The highest BCUT2D eigenvalue weighted by Crippen LogP contribution is 2.31. The molecule has 7 heteroatoms. The number of aromatic nitrogens is 1. The molecule has 3 rings (SSSR count). The molecule has 4 atom stereocenters. The van der Waals surface area contributed by atoms with Crippen molar-refractivity contribution in [1.82, 2.24) is 4.98 Å². The van der Waals surface area contributed by atoms with Crippen molar-refractivity contribution in [2.75, 3.05) is 6.61 Å². The lowest BCUT2D eigenvalue weighted by Crippen LogP contribution is -2.35. The fourth-order valence-corrected chi connectivity index (χ4v) is 2.61. The first-order valence-electron chi connectivity index (χ1n) is 6.16. The Morgan fingerprint density at radius 1 is 1.30 bits per heavy atom. The Bertz CT molecular complexity index is 616. The molecule has 2 aromatic rings. The van der Waals surface area contributed by atoms with Gasteiger partial charge in [-0.3, -0.25) is 0 Å². The number of aromatic amines is 1. The summed E-state index contributed by atoms with van der Waals surface area (Å²) in [6, 6.07) is 5.67. The summed E-state index contributed by atoms with van der Waals surface area (Å²) < 4.78 is 11.8. The van der Waals surface area contributed by atoms with E-state index >= 15 is 0 Å². The minimum atomic E-state index is -1.20. The van der Waals surface area contributed by atoms with E-state index in [4.69, 9.17) is 14.6 Å². The van der Waals surface area contributed by atoms with Gasteiger partial charge in [-0.15, -0.1) is 0 Å². The van der Waals surface area contributed by atoms with Gasteiger partial charge >= 0.3 is 0 Å². The second-order valence-corrected chi connectivity index (χ2v) is 5.58. The number of rotatable bonds is 3. The van der Waals surface area contributed by atoms with Gasteiger partial charge in [0.2, 0.25) is 6.29 Å². The summed E-state index contributed by atoms with van der Waals surface area (Å²) in [5.74, 6) is 0.510. The summed E-state index contributed by atoms with van der Waals surface area (Å²) in [5, 5.41) is 29.4. The first-order valence-corrected chi connectivity index (χ1v) is 6.95. The van der Waals surface area contributed by atoms with Gasteiger partial charge in [0.25, 0.3) is 0 Å². The van der Waals surface area contributed by atoms with Crippen LogP contribution in [0.2, 0.25) is 0 Å². The molecule has 0 bridgehead atoms. The molecule has 0 spiro atoms. The number of nitrogens with one attached hydrogen (secondary N) is 1.